The number of rotatable bonds is 1. The van der Waals surface area contributed by atoms with Gasteiger partial charge in [0.05, 0.1) is 22.5 Å². The average molecular weight is 337 g/mol. The minimum Gasteiger partial charge on any atom is -0.372 e. The van der Waals surface area contributed by atoms with Crippen LogP contribution in [0.25, 0.3) is 10.2 Å². The molecule has 1 saturated heterocycles. The third kappa shape index (κ3) is 2.61. The molecular formula is C15H19N3O4S. The molecule has 0 bridgehead atoms. The van der Waals surface area contributed by atoms with E-state index in [1.165, 1.54) is 23.0 Å². The number of thiophene rings is 1. The molecule has 0 aromatic carbocycles. The topological polar surface area (TPSA) is 73.5 Å². The van der Waals surface area contributed by atoms with Crippen LogP contribution >= 0.6 is 11.3 Å². The summed E-state index contributed by atoms with van der Waals surface area (Å²) in [7, 11) is 3.04. The Bertz CT molecular complexity index is 884. The normalized spacial score (nSPS) is 21.8. The number of fused-ring (bicyclic) bond motifs is 1. The van der Waals surface area contributed by atoms with Crippen LogP contribution in [0, 0.1) is 0 Å². The molecule has 2 aromatic heterocycles. The Morgan fingerprint density at radius 2 is 1.78 bits per heavy atom. The monoisotopic (exact) mass is 337 g/mol. The van der Waals surface area contributed by atoms with Crippen LogP contribution in [0.1, 0.15) is 23.5 Å². The average Bonchev–Trinajstić information content (AvgIpc) is 2.94. The maximum Gasteiger partial charge on any atom is 0.331 e. The van der Waals surface area contributed by atoms with Crippen LogP contribution < -0.4 is 11.2 Å². The van der Waals surface area contributed by atoms with Gasteiger partial charge in [-0.1, -0.05) is 0 Å². The van der Waals surface area contributed by atoms with Crippen molar-refractivity contribution < 1.29 is 9.53 Å². The number of aryl methyl sites for hydroxylation is 1. The van der Waals surface area contributed by atoms with Crippen LogP contribution in [-0.2, 0) is 18.8 Å². The van der Waals surface area contributed by atoms with Gasteiger partial charge in [0, 0.05) is 27.2 Å². The van der Waals surface area contributed by atoms with Gasteiger partial charge in [-0.05, 0) is 19.9 Å². The molecule has 1 aliphatic rings. The number of morpholine rings is 1. The Morgan fingerprint density at radius 1 is 1.17 bits per heavy atom. The number of carbonyl (C=O) groups is 1. The minimum atomic E-state index is -0.392. The molecule has 3 rings (SSSR count). The van der Waals surface area contributed by atoms with Gasteiger partial charge in [0.25, 0.3) is 11.5 Å². The molecule has 3 heterocycles. The fraction of sp³-hybridized carbons (Fsp3) is 0.533. The second-order valence-corrected chi connectivity index (χ2v) is 7.03. The SMILES string of the molecule is C[C@@H]1CN(C(=O)c2cc3c(=O)n(C)c(=O)n(C)c3s2)C[C@@H](C)O1. The highest BCUT2D eigenvalue weighted by Gasteiger charge is 2.28. The second kappa shape index (κ2) is 5.61. The highest BCUT2D eigenvalue weighted by atomic mass is 32.1. The number of nitrogens with zero attached hydrogens (tertiary/aromatic N) is 3. The smallest absolute Gasteiger partial charge is 0.331 e. The molecule has 1 amide bonds. The number of amides is 1. The van der Waals surface area contributed by atoms with Gasteiger partial charge in [0.15, 0.2) is 0 Å². The van der Waals surface area contributed by atoms with E-state index >= 15 is 0 Å². The van der Waals surface area contributed by atoms with Gasteiger partial charge in [-0.25, -0.2) is 4.79 Å². The number of hydrogen-bond acceptors (Lipinski definition) is 5. The van der Waals surface area contributed by atoms with Crippen molar-refractivity contribution in [2.45, 2.75) is 26.1 Å². The van der Waals surface area contributed by atoms with Gasteiger partial charge in [0.1, 0.15) is 4.83 Å². The third-order valence-electron chi connectivity index (χ3n) is 4.04. The van der Waals surface area contributed by atoms with Gasteiger partial charge in [-0.3, -0.25) is 18.7 Å². The first kappa shape index (κ1) is 15.9. The first-order valence-corrected chi connectivity index (χ1v) is 8.25. The molecule has 0 radical (unpaired) electrons. The van der Waals surface area contributed by atoms with Crippen LogP contribution in [0.4, 0.5) is 0 Å². The molecule has 0 saturated carbocycles. The standard InChI is InChI=1S/C15H19N3O4S/c1-8-6-18(7-9(2)22-8)13(20)11-5-10-12(19)16(3)15(21)17(4)14(10)23-11/h5,8-9H,6-7H2,1-4H3/t8-,9-/m1/s1. The van der Waals surface area contributed by atoms with Gasteiger partial charge < -0.3 is 9.64 Å². The lowest BCUT2D eigenvalue weighted by Crippen LogP contribution is -2.48. The van der Waals surface area contributed by atoms with E-state index in [-0.39, 0.29) is 23.7 Å². The summed E-state index contributed by atoms with van der Waals surface area (Å²) in [5.41, 5.74) is -0.765. The molecule has 0 spiro atoms. The molecule has 1 fully saturated rings. The van der Waals surface area contributed by atoms with E-state index in [2.05, 4.69) is 0 Å². The van der Waals surface area contributed by atoms with Crippen molar-refractivity contribution in [3.63, 3.8) is 0 Å². The Kier molecular flexibility index (Phi) is 3.89. The molecule has 0 N–H and O–H groups in total. The maximum atomic E-state index is 12.7. The zero-order valence-corrected chi connectivity index (χ0v) is 14.3. The van der Waals surface area contributed by atoms with Crippen molar-refractivity contribution in [2.75, 3.05) is 13.1 Å². The lowest BCUT2D eigenvalue weighted by Gasteiger charge is -2.35. The summed E-state index contributed by atoms with van der Waals surface area (Å²) in [6.07, 6.45) is -0.0383. The summed E-state index contributed by atoms with van der Waals surface area (Å²) in [6, 6.07) is 1.59. The Balaban J connectivity index is 2.06. The Hall–Kier alpha value is -1.93. The van der Waals surface area contributed by atoms with Crippen LogP contribution in [0.5, 0.6) is 0 Å². The second-order valence-electron chi connectivity index (χ2n) is 6.00. The van der Waals surface area contributed by atoms with E-state index in [1.54, 1.807) is 18.0 Å². The summed E-state index contributed by atoms with van der Waals surface area (Å²) in [5, 5.41) is 0.400. The zero-order chi connectivity index (χ0) is 16.9. The number of aromatic nitrogens is 2. The number of hydrogen-bond donors (Lipinski definition) is 0. The Labute approximate surface area is 136 Å². The highest BCUT2D eigenvalue weighted by molar-refractivity contribution is 7.20. The number of ether oxygens (including phenoxy) is 1. The minimum absolute atomic E-state index is 0.0192. The molecule has 2 aromatic rings. The summed E-state index contributed by atoms with van der Waals surface area (Å²) >= 11 is 1.18. The summed E-state index contributed by atoms with van der Waals surface area (Å²) in [6.45, 7) is 4.91. The third-order valence-corrected chi connectivity index (χ3v) is 5.24. The van der Waals surface area contributed by atoms with Crippen molar-refractivity contribution in [2.24, 2.45) is 14.1 Å². The molecule has 124 valence electrons. The van der Waals surface area contributed by atoms with Crippen molar-refractivity contribution in [1.29, 1.82) is 0 Å². The number of carbonyl (C=O) groups excluding carboxylic acids is 1. The van der Waals surface area contributed by atoms with Crippen LogP contribution in [0.3, 0.4) is 0 Å². The van der Waals surface area contributed by atoms with Crippen molar-refractivity contribution >= 4 is 27.5 Å². The molecule has 0 aliphatic carbocycles. The van der Waals surface area contributed by atoms with Gasteiger partial charge in [0.2, 0.25) is 0 Å². The lowest BCUT2D eigenvalue weighted by molar-refractivity contribution is -0.0585. The Morgan fingerprint density at radius 3 is 2.39 bits per heavy atom. The van der Waals surface area contributed by atoms with E-state index in [1.807, 2.05) is 13.8 Å². The molecule has 8 heteroatoms. The van der Waals surface area contributed by atoms with E-state index in [0.29, 0.717) is 28.2 Å². The molecular weight excluding hydrogens is 318 g/mol. The first-order valence-electron chi connectivity index (χ1n) is 7.44. The molecule has 23 heavy (non-hydrogen) atoms. The van der Waals surface area contributed by atoms with E-state index in [4.69, 9.17) is 4.74 Å². The predicted molar refractivity (Wildman–Crippen MR) is 88.2 cm³/mol. The zero-order valence-electron chi connectivity index (χ0n) is 13.5. The molecule has 1 aliphatic heterocycles. The quantitative estimate of drug-likeness (QED) is 0.762. The van der Waals surface area contributed by atoms with Crippen LogP contribution in [0.2, 0.25) is 0 Å². The summed E-state index contributed by atoms with van der Waals surface area (Å²) in [5.74, 6) is -0.122. The van der Waals surface area contributed by atoms with Crippen molar-refractivity contribution in [1.82, 2.24) is 14.0 Å². The summed E-state index contributed by atoms with van der Waals surface area (Å²) in [4.78, 5) is 39.7. The first-order chi connectivity index (χ1) is 10.8. The van der Waals surface area contributed by atoms with Crippen molar-refractivity contribution in [3.8, 4) is 0 Å². The molecule has 7 nitrogen and oxygen atoms in total. The van der Waals surface area contributed by atoms with Crippen LogP contribution in [0.15, 0.2) is 15.7 Å². The predicted octanol–water partition coefficient (Wildman–Crippen LogP) is 0.548. The van der Waals surface area contributed by atoms with Gasteiger partial charge in [-0.2, -0.15) is 0 Å². The van der Waals surface area contributed by atoms with Crippen LogP contribution in [-0.4, -0.2) is 45.2 Å². The molecule has 0 unspecified atom stereocenters. The van der Waals surface area contributed by atoms with Gasteiger partial charge >= 0.3 is 5.69 Å². The maximum absolute atomic E-state index is 12.7. The largest absolute Gasteiger partial charge is 0.372 e. The highest BCUT2D eigenvalue weighted by Crippen LogP contribution is 2.24. The van der Waals surface area contributed by atoms with E-state index < -0.39 is 5.69 Å². The van der Waals surface area contributed by atoms with E-state index in [0.717, 1.165) is 4.57 Å². The molecule has 2 atom stereocenters. The van der Waals surface area contributed by atoms with Gasteiger partial charge in [-0.15, -0.1) is 11.3 Å². The van der Waals surface area contributed by atoms with Crippen molar-refractivity contribution in [3.05, 3.63) is 31.8 Å². The fourth-order valence-electron chi connectivity index (χ4n) is 2.97. The fourth-order valence-corrected chi connectivity index (χ4v) is 4.04. The van der Waals surface area contributed by atoms with E-state index in [9.17, 15) is 14.4 Å². The summed E-state index contributed by atoms with van der Waals surface area (Å²) < 4.78 is 8.11. The lowest BCUT2D eigenvalue weighted by atomic mass is 10.2.